The van der Waals surface area contributed by atoms with E-state index >= 15 is 0 Å². The lowest BCUT2D eigenvalue weighted by atomic mass is 10.1. The number of hydrogen-bond acceptors (Lipinski definition) is 3. The second-order valence-electron chi connectivity index (χ2n) is 5.55. The standard InChI is InChI=1S/C18H15N3O2/c1-11-6-7-15-14(8-11)17(21-20-15)18(22)19-10-13-9-12-4-2-3-5-16(12)23-13/h2-9H,10H2,1H3,(H,19,22)(H,20,21). The summed E-state index contributed by atoms with van der Waals surface area (Å²) in [5, 5.41) is 11.7. The minimum absolute atomic E-state index is 0.220. The smallest absolute Gasteiger partial charge is 0.272 e. The molecule has 1 amide bonds. The molecule has 0 atom stereocenters. The largest absolute Gasteiger partial charge is 0.459 e. The summed E-state index contributed by atoms with van der Waals surface area (Å²) in [6, 6.07) is 15.6. The van der Waals surface area contributed by atoms with Crippen molar-refractivity contribution in [2.45, 2.75) is 13.5 Å². The Hall–Kier alpha value is -3.08. The molecule has 0 saturated carbocycles. The molecule has 4 aromatic rings. The molecule has 2 aromatic heterocycles. The molecular weight excluding hydrogens is 290 g/mol. The van der Waals surface area contributed by atoms with Crippen LogP contribution in [0.5, 0.6) is 0 Å². The lowest BCUT2D eigenvalue weighted by Gasteiger charge is -2.01. The van der Waals surface area contributed by atoms with Gasteiger partial charge in [0.2, 0.25) is 0 Å². The van der Waals surface area contributed by atoms with Gasteiger partial charge in [0.05, 0.1) is 12.1 Å². The number of H-pyrrole nitrogens is 1. The Balaban J connectivity index is 1.56. The summed E-state index contributed by atoms with van der Waals surface area (Å²) in [4.78, 5) is 12.4. The summed E-state index contributed by atoms with van der Waals surface area (Å²) in [6.45, 7) is 2.32. The number of carbonyl (C=O) groups is 1. The van der Waals surface area contributed by atoms with Crippen molar-refractivity contribution in [3.05, 3.63) is 65.5 Å². The summed E-state index contributed by atoms with van der Waals surface area (Å²) >= 11 is 0. The van der Waals surface area contributed by atoms with Crippen molar-refractivity contribution in [2.24, 2.45) is 0 Å². The fraction of sp³-hybridized carbons (Fsp3) is 0.111. The van der Waals surface area contributed by atoms with E-state index < -0.39 is 0 Å². The van der Waals surface area contributed by atoms with Crippen LogP contribution in [0.1, 0.15) is 21.8 Å². The number of benzene rings is 2. The highest BCUT2D eigenvalue weighted by Gasteiger charge is 2.14. The highest BCUT2D eigenvalue weighted by atomic mass is 16.3. The zero-order valence-corrected chi connectivity index (χ0v) is 12.6. The molecule has 2 N–H and O–H groups in total. The van der Waals surface area contributed by atoms with Gasteiger partial charge in [0.15, 0.2) is 5.69 Å². The number of carbonyl (C=O) groups excluding carboxylic acids is 1. The molecule has 5 nitrogen and oxygen atoms in total. The second kappa shape index (κ2) is 5.28. The van der Waals surface area contributed by atoms with E-state index in [1.54, 1.807) is 0 Å². The molecule has 0 radical (unpaired) electrons. The molecule has 0 bridgehead atoms. The maximum atomic E-state index is 12.4. The number of hydrogen-bond donors (Lipinski definition) is 2. The Morgan fingerprint density at radius 1 is 1.22 bits per heavy atom. The number of fused-ring (bicyclic) bond motifs is 2. The molecule has 0 saturated heterocycles. The Labute approximate surface area is 132 Å². The molecule has 23 heavy (non-hydrogen) atoms. The number of nitrogens with zero attached hydrogens (tertiary/aromatic N) is 1. The number of aromatic nitrogens is 2. The quantitative estimate of drug-likeness (QED) is 0.608. The Bertz CT molecular complexity index is 980. The summed E-state index contributed by atoms with van der Waals surface area (Å²) in [5.41, 5.74) is 3.16. The number of para-hydroxylation sites is 1. The van der Waals surface area contributed by atoms with Crippen LogP contribution in [0.2, 0.25) is 0 Å². The first-order valence-electron chi connectivity index (χ1n) is 7.41. The molecule has 0 fully saturated rings. The minimum atomic E-state index is -0.220. The number of aryl methyl sites for hydroxylation is 1. The maximum absolute atomic E-state index is 12.4. The molecule has 0 unspecified atom stereocenters. The first-order valence-corrected chi connectivity index (χ1v) is 7.41. The van der Waals surface area contributed by atoms with Crippen LogP contribution in [-0.4, -0.2) is 16.1 Å². The van der Waals surface area contributed by atoms with E-state index in [9.17, 15) is 4.79 Å². The van der Waals surface area contributed by atoms with Crippen LogP contribution in [0.15, 0.2) is 52.9 Å². The zero-order chi connectivity index (χ0) is 15.8. The van der Waals surface area contributed by atoms with Gasteiger partial charge in [0.1, 0.15) is 11.3 Å². The average Bonchev–Trinajstić information content (AvgIpc) is 3.15. The van der Waals surface area contributed by atoms with Crippen molar-refractivity contribution in [2.75, 3.05) is 0 Å². The van der Waals surface area contributed by atoms with E-state index in [4.69, 9.17) is 4.42 Å². The van der Waals surface area contributed by atoms with Crippen molar-refractivity contribution >= 4 is 27.8 Å². The first kappa shape index (κ1) is 13.6. The van der Waals surface area contributed by atoms with Crippen LogP contribution >= 0.6 is 0 Å². The Morgan fingerprint density at radius 3 is 2.96 bits per heavy atom. The van der Waals surface area contributed by atoms with Gasteiger partial charge in [-0.15, -0.1) is 0 Å². The van der Waals surface area contributed by atoms with Crippen LogP contribution in [0.3, 0.4) is 0 Å². The normalized spacial score (nSPS) is 11.2. The fourth-order valence-electron chi connectivity index (χ4n) is 2.68. The predicted octanol–water partition coefficient (Wildman–Crippen LogP) is 3.55. The fourth-order valence-corrected chi connectivity index (χ4v) is 2.68. The molecule has 0 spiro atoms. The van der Waals surface area contributed by atoms with Crippen LogP contribution in [0.4, 0.5) is 0 Å². The molecular formula is C18H15N3O2. The second-order valence-corrected chi connectivity index (χ2v) is 5.55. The summed E-state index contributed by atoms with van der Waals surface area (Å²) in [6.07, 6.45) is 0. The van der Waals surface area contributed by atoms with E-state index in [0.717, 1.165) is 33.2 Å². The molecule has 5 heteroatoms. The molecule has 2 aromatic carbocycles. The van der Waals surface area contributed by atoms with E-state index in [-0.39, 0.29) is 5.91 Å². The lowest BCUT2D eigenvalue weighted by Crippen LogP contribution is -2.23. The van der Waals surface area contributed by atoms with Crippen molar-refractivity contribution < 1.29 is 9.21 Å². The van der Waals surface area contributed by atoms with E-state index in [2.05, 4.69) is 15.5 Å². The monoisotopic (exact) mass is 305 g/mol. The molecule has 114 valence electrons. The molecule has 0 aliphatic carbocycles. The SMILES string of the molecule is Cc1ccc2[nH]nc(C(=O)NCc3cc4ccccc4o3)c2c1. The summed E-state index contributed by atoms with van der Waals surface area (Å²) in [5.74, 6) is 0.498. The number of amides is 1. The molecule has 4 rings (SSSR count). The molecule has 2 heterocycles. The Morgan fingerprint density at radius 2 is 2.09 bits per heavy atom. The maximum Gasteiger partial charge on any atom is 0.272 e. The number of rotatable bonds is 3. The first-order chi connectivity index (χ1) is 11.2. The van der Waals surface area contributed by atoms with Crippen molar-refractivity contribution in [3.63, 3.8) is 0 Å². The van der Waals surface area contributed by atoms with Gasteiger partial charge >= 0.3 is 0 Å². The highest BCUT2D eigenvalue weighted by Crippen LogP contribution is 2.20. The van der Waals surface area contributed by atoms with Crippen molar-refractivity contribution in [1.29, 1.82) is 0 Å². The zero-order valence-electron chi connectivity index (χ0n) is 12.6. The Kier molecular flexibility index (Phi) is 3.12. The third-order valence-electron chi connectivity index (χ3n) is 3.83. The van der Waals surface area contributed by atoms with Crippen molar-refractivity contribution in [1.82, 2.24) is 15.5 Å². The van der Waals surface area contributed by atoms with Gasteiger partial charge in [0, 0.05) is 10.8 Å². The summed E-state index contributed by atoms with van der Waals surface area (Å²) in [7, 11) is 0. The number of furan rings is 1. The van der Waals surface area contributed by atoms with Crippen molar-refractivity contribution in [3.8, 4) is 0 Å². The van der Waals surface area contributed by atoms with Gasteiger partial charge in [0.25, 0.3) is 5.91 Å². The summed E-state index contributed by atoms with van der Waals surface area (Å²) < 4.78 is 5.70. The third kappa shape index (κ3) is 2.46. The van der Waals surface area contributed by atoms with Gasteiger partial charge < -0.3 is 9.73 Å². The van der Waals surface area contributed by atoms with Gasteiger partial charge in [-0.25, -0.2) is 0 Å². The van der Waals surface area contributed by atoms with Crippen LogP contribution in [-0.2, 0) is 6.54 Å². The van der Waals surface area contributed by atoms with E-state index in [1.807, 2.05) is 55.5 Å². The van der Waals surface area contributed by atoms with Crippen LogP contribution in [0.25, 0.3) is 21.9 Å². The van der Waals surface area contributed by atoms with Gasteiger partial charge in [-0.1, -0.05) is 29.8 Å². The van der Waals surface area contributed by atoms with Gasteiger partial charge in [-0.2, -0.15) is 5.10 Å². The number of aromatic amines is 1. The molecule has 0 aliphatic rings. The topological polar surface area (TPSA) is 70.9 Å². The van der Waals surface area contributed by atoms with Gasteiger partial charge in [-0.05, 0) is 31.2 Å². The third-order valence-corrected chi connectivity index (χ3v) is 3.83. The lowest BCUT2D eigenvalue weighted by molar-refractivity contribution is 0.0945. The van der Waals surface area contributed by atoms with E-state index in [1.165, 1.54) is 0 Å². The highest BCUT2D eigenvalue weighted by molar-refractivity contribution is 6.04. The van der Waals surface area contributed by atoms with Gasteiger partial charge in [-0.3, -0.25) is 9.89 Å². The minimum Gasteiger partial charge on any atom is -0.459 e. The molecule has 0 aliphatic heterocycles. The van der Waals surface area contributed by atoms with Crippen LogP contribution < -0.4 is 5.32 Å². The average molecular weight is 305 g/mol. The predicted molar refractivity (Wildman–Crippen MR) is 88.2 cm³/mol. The van der Waals surface area contributed by atoms with E-state index in [0.29, 0.717) is 12.2 Å². The number of nitrogens with one attached hydrogen (secondary N) is 2. The van der Waals surface area contributed by atoms with Crippen LogP contribution in [0, 0.1) is 6.92 Å².